The highest BCUT2D eigenvalue weighted by Gasteiger charge is 2.49. The second-order valence-electron chi connectivity index (χ2n) is 9.23. The highest BCUT2D eigenvalue weighted by Crippen LogP contribution is 2.52. The molecule has 3 aromatic rings. The Bertz CT molecular complexity index is 1170. The Kier molecular flexibility index (Phi) is 4.72. The van der Waals surface area contributed by atoms with E-state index in [0.29, 0.717) is 18.0 Å². The molecule has 0 unspecified atom stereocenters. The second-order valence-corrected chi connectivity index (χ2v) is 9.23. The van der Waals surface area contributed by atoms with Gasteiger partial charge in [-0.15, -0.1) is 0 Å². The summed E-state index contributed by atoms with van der Waals surface area (Å²) < 4.78 is 13.6. The van der Waals surface area contributed by atoms with Crippen molar-refractivity contribution in [3.8, 4) is 22.6 Å². The molecule has 1 saturated carbocycles. The Balaban J connectivity index is 1.75. The lowest BCUT2D eigenvalue weighted by molar-refractivity contribution is -0.128. The molecular formula is C26H26FN3O. The van der Waals surface area contributed by atoms with Crippen molar-refractivity contribution in [2.24, 2.45) is 11.8 Å². The monoisotopic (exact) mass is 415 g/mol. The minimum Gasteiger partial charge on any atom is -0.299 e. The molecule has 0 radical (unpaired) electrons. The highest BCUT2D eigenvalue weighted by atomic mass is 19.1. The maximum Gasteiger partial charge on any atom is 0.160 e. The smallest absolute Gasteiger partial charge is 0.160 e. The highest BCUT2D eigenvalue weighted by molar-refractivity contribution is 5.83. The van der Waals surface area contributed by atoms with Crippen molar-refractivity contribution in [2.45, 2.75) is 51.9 Å². The lowest BCUT2D eigenvalue weighted by atomic mass is 9.56. The molecule has 5 heteroatoms. The first-order chi connectivity index (χ1) is 14.9. The van der Waals surface area contributed by atoms with E-state index in [9.17, 15) is 9.18 Å². The average Bonchev–Trinajstić information content (AvgIpc) is 2.77. The number of pyridine rings is 1. The van der Waals surface area contributed by atoms with E-state index in [0.717, 1.165) is 53.0 Å². The van der Waals surface area contributed by atoms with Crippen LogP contribution >= 0.6 is 0 Å². The van der Waals surface area contributed by atoms with Gasteiger partial charge >= 0.3 is 0 Å². The molecule has 1 fully saturated rings. The number of aryl methyl sites for hydroxylation is 1. The number of ketones is 1. The number of Topliss-reactive ketones (excluding diaryl/α,β-unsaturated/α-hetero) is 1. The third-order valence-corrected chi connectivity index (χ3v) is 7.35. The first-order valence-corrected chi connectivity index (χ1v) is 11.0. The quantitative estimate of drug-likeness (QED) is 0.557. The van der Waals surface area contributed by atoms with Gasteiger partial charge in [-0.1, -0.05) is 13.8 Å². The number of hydrogen-bond acceptors (Lipinski definition) is 4. The summed E-state index contributed by atoms with van der Waals surface area (Å²) in [6.45, 7) is 6.29. The van der Waals surface area contributed by atoms with Gasteiger partial charge in [0.2, 0.25) is 0 Å². The first kappa shape index (κ1) is 20.0. The zero-order valence-corrected chi connectivity index (χ0v) is 18.2. The van der Waals surface area contributed by atoms with E-state index < -0.39 is 0 Å². The van der Waals surface area contributed by atoms with Gasteiger partial charge in [0.25, 0.3) is 0 Å². The van der Waals surface area contributed by atoms with Crippen LogP contribution in [0.4, 0.5) is 4.39 Å². The predicted octanol–water partition coefficient (Wildman–Crippen LogP) is 5.47. The van der Waals surface area contributed by atoms with Gasteiger partial charge in [-0.25, -0.2) is 14.4 Å². The molecule has 1 aromatic carbocycles. The van der Waals surface area contributed by atoms with Crippen molar-refractivity contribution in [3.63, 3.8) is 0 Å². The molecule has 31 heavy (non-hydrogen) atoms. The van der Waals surface area contributed by atoms with Crippen LogP contribution in [0.15, 0.2) is 42.6 Å². The summed E-state index contributed by atoms with van der Waals surface area (Å²) in [7, 11) is 0. The van der Waals surface area contributed by atoms with Gasteiger partial charge in [0.05, 0.1) is 11.4 Å². The molecule has 2 aromatic heterocycles. The minimum atomic E-state index is -0.261. The van der Waals surface area contributed by atoms with E-state index in [2.05, 4.69) is 18.8 Å². The van der Waals surface area contributed by atoms with Crippen LogP contribution in [-0.4, -0.2) is 20.7 Å². The molecule has 2 heterocycles. The van der Waals surface area contributed by atoms with Gasteiger partial charge in [-0.3, -0.25) is 9.78 Å². The van der Waals surface area contributed by atoms with Gasteiger partial charge < -0.3 is 0 Å². The topological polar surface area (TPSA) is 55.7 Å². The van der Waals surface area contributed by atoms with Crippen molar-refractivity contribution in [3.05, 3.63) is 65.4 Å². The lowest BCUT2D eigenvalue weighted by Gasteiger charge is -2.48. The lowest BCUT2D eigenvalue weighted by Crippen LogP contribution is -2.47. The summed E-state index contributed by atoms with van der Waals surface area (Å²) in [5.41, 5.74) is 5.62. The van der Waals surface area contributed by atoms with Gasteiger partial charge in [0.15, 0.2) is 5.82 Å². The number of benzene rings is 1. The number of rotatable bonds is 2. The van der Waals surface area contributed by atoms with E-state index in [1.807, 2.05) is 19.1 Å². The molecule has 5 rings (SSSR count). The molecule has 0 N–H and O–H groups in total. The molecule has 2 aliphatic rings. The number of carbonyl (C=O) groups is 1. The normalized spacial score (nSPS) is 25.1. The fourth-order valence-electron chi connectivity index (χ4n) is 5.59. The summed E-state index contributed by atoms with van der Waals surface area (Å²) in [5.74, 6) is 1.09. The zero-order valence-electron chi connectivity index (χ0n) is 18.2. The van der Waals surface area contributed by atoms with Crippen LogP contribution in [0.25, 0.3) is 22.6 Å². The molecule has 0 bridgehead atoms. The second kappa shape index (κ2) is 7.33. The summed E-state index contributed by atoms with van der Waals surface area (Å²) in [4.78, 5) is 26.9. The molecule has 0 aliphatic heterocycles. The predicted molar refractivity (Wildman–Crippen MR) is 118 cm³/mol. The Labute approximate surface area is 182 Å². The van der Waals surface area contributed by atoms with E-state index >= 15 is 0 Å². The van der Waals surface area contributed by atoms with Gasteiger partial charge in [0, 0.05) is 46.3 Å². The van der Waals surface area contributed by atoms with Crippen LogP contribution in [0, 0.1) is 24.6 Å². The van der Waals surface area contributed by atoms with E-state index in [4.69, 9.17) is 9.97 Å². The molecule has 4 nitrogen and oxygen atoms in total. The van der Waals surface area contributed by atoms with E-state index in [1.165, 1.54) is 12.1 Å². The zero-order chi connectivity index (χ0) is 21.8. The summed E-state index contributed by atoms with van der Waals surface area (Å²) in [5, 5.41) is 0. The third-order valence-electron chi connectivity index (χ3n) is 7.35. The Morgan fingerprint density at radius 3 is 2.58 bits per heavy atom. The number of fused-ring (bicyclic) bond motifs is 3. The van der Waals surface area contributed by atoms with Crippen molar-refractivity contribution >= 4 is 5.78 Å². The van der Waals surface area contributed by atoms with Crippen molar-refractivity contribution in [1.82, 2.24) is 15.0 Å². The van der Waals surface area contributed by atoms with Crippen LogP contribution in [-0.2, 0) is 16.6 Å². The largest absolute Gasteiger partial charge is 0.299 e. The van der Waals surface area contributed by atoms with Crippen molar-refractivity contribution in [2.75, 3.05) is 0 Å². The number of carbonyl (C=O) groups excluding carboxylic acids is 1. The van der Waals surface area contributed by atoms with Crippen LogP contribution in [0.2, 0.25) is 0 Å². The number of nitrogens with zero attached hydrogens (tertiary/aromatic N) is 3. The fourth-order valence-corrected chi connectivity index (χ4v) is 5.59. The van der Waals surface area contributed by atoms with Gasteiger partial charge in [0.1, 0.15) is 11.6 Å². The van der Waals surface area contributed by atoms with Crippen LogP contribution in [0.5, 0.6) is 0 Å². The molecular weight excluding hydrogens is 389 g/mol. The van der Waals surface area contributed by atoms with Crippen LogP contribution < -0.4 is 0 Å². The minimum absolute atomic E-state index is 0.0442. The van der Waals surface area contributed by atoms with Crippen LogP contribution in [0.3, 0.4) is 0 Å². The van der Waals surface area contributed by atoms with Gasteiger partial charge in [-0.2, -0.15) is 0 Å². The molecule has 0 amide bonds. The molecule has 0 spiro atoms. The van der Waals surface area contributed by atoms with Gasteiger partial charge in [-0.05, 0) is 68.5 Å². The first-order valence-electron chi connectivity index (χ1n) is 11.0. The SMILES string of the molecule is Cc1cc(-c2nc(-c3ccc(F)cc3)c3c(n2)[C@]2(C)CCC(=O)[C@H](C)[C@H]2CC3)ccn1. The Morgan fingerprint density at radius 2 is 1.84 bits per heavy atom. The summed E-state index contributed by atoms with van der Waals surface area (Å²) in [6, 6.07) is 10.5. The average molecular weight is 416 g/mol. The van der Waals surface area contributed by atoms with Crippen molar-refractivity contribution in [1.29, 1.82) is 0 Å². The fraction of sp³-hybridized carbons (Fsp3) is 0.385. The standard InChI is InChI=1S/C26H26FN3O/c1-15-14-18(11-13-28-15)25-29-23(17-4-6-19(27)7-5-17)20-8-9-21-16(2)22(31)10-12-26(21,3)24(20)30-25/h4-7,11,13-14,16,21H,8-10,12H2,1-3H3/t16-,21-,26-/m1/s1. The maximum absolute atomic E-state index is 13.6. The summed E-state index contributed by atoms with van der Waals surface area (Å²) in [6.07, 6.45) is 4.95. The number of aromatic nitrogens is 3. The van der Waals surface area contributed by atoms with E-state index in [-0.39, 0.29) is 23.1 Å². The number of hydrogen-bond donors (Lipinski definition) is 0. The van der Waals surface area contributed by atoms with Crippen molar-refractivity contribution < 1.29 is 9.18 Å². The maximum atomic E-state index is 13.6. The molecule has 158 valence electrons. The summed E-state index contributed by atoms with van der Waals surface area (Å²) >= 11 is 0. The van der Waals surface area contributed by atoms with E-state index in [1.54, 1.807) is 18.3 Å². The molecule has 0 saturated heterocycles. The third kappa shape index (κ3) is 3.27. The Morgan fingerprint density at radius 1 is 1.06 bits per heavy atom. The van der Waals surface area contributed by atoms with Crippen LogP contribution in [0.1, 0.15) is 50.1 Å². The molecule has 3 atom stereocenters. The number of halogens is 1. The Hall–Kier alpha value is -2.95. The molecule has 2 aliphatic carbocycles.